The van der Waals surface area contributed by atoms with E-state index in [1.807, 2.05) is 36.4 Å². The van der Waals surface area contributed by atoms with E-state index in [9.17, 15) is 8.42 Å². The molecule has 2 aromatic rings. The molecule has 1 aliphatic carbocycles. The van der Waals surface area contributed by atoms with Gasteiger partial charge in [0.25, 0.3) is 0 Å². The molecule has 0 radical (unpaired) electrons. The molecule has 0 spiro atoms. The van der Waals surface area contributed by atoms with Gasteiger partial charge in [-0.05, 0) is 53.6 Å². The van der Waals surface area contributed by atoms with Gasteiger partial charge in [0.05, 0.1) is 12.0 Å². The first-order valence-electron chi connectivity index (χ1n) is 8.91. The van der Waals surface area contributed by atoms with Crippen molar-refractivity contribution in [2.24, 2.45) is 0 Å². The maximum absolute atomic E-state index is 12.7. The molecule has 0 bridgehead atoms. The van der Waals surface area contributed by atoms with Gasteiger partial charge in [-0.15, -0.1) is 0 Å². The molecule has 0 amide bonds. The van der Waals surface area contributed by atoms with Crippen molar-refractivity contribution in [1.29, 1.82) is 0 Å². The second kappa shape index (κ2) is 6.71. The first-order chi connectivity index (χ1) is 12.2. The third-order valence-electron chi connectivity index (χ3n) is 5.19. The minimum Gasteiger partial charge on any atom is -0.497 e. The molecule has 1 N–H and O–H groups in total. The topological polar surface area (TPSA) is 55.4 Å². The lowest BCUT2D eigenvalue weighted by Crippen LogP contribution is -2.32. The van der Waals surface area contributed by atoms with E-state index in [2.05, 4.69) is 25.5 Å². The van der Waals surface area contributed by atoms with Crippen LogP contribution in [0.3, 0.4) is 0 Å². The maximum atomic E-state index is 12.7. The predicted octanol–water partition coefficient (Wildman–Crippen LogP) is 4.00. The zero-order chi connectivity index (χ0) is 19.0. The smallest absolute Gasteiger partial charge is 0.240 e. The normalized spacial score (nSPS) is 16.3. The van der Waals surface area contributed by atoms with Crippen LogP contribution in [0.5, 0.6) is 5.75 Å². The number of methoxy groups -OCH3 is 1. The fourth-order valence-electron chi connectivity index (χ4n) is 3.11. The molecule has 5 heteroatoms. The van der Waals surface area contributed by atoms with Crippen molar-refractivity contribution >= 4 is 10.0 Å². The number of ether oxygens (including phenoxy) is 1. The molecule has 4 nitrogen and oxygen atoms in total. The van der Waals surface area contributed by atoms with E-state index in [1.165, 1.54) is 0 Å². The minimum absolute atomic E-state index is 0.00214. The quantitative estimate of drug-likeness (QED) is 0.832. The highest BCUT2D eigenvalue weighted by molar-refractivity contribution is 7.89. The summed E-state index contributed by atoms with van der Waals surface area (Å²) in [5.41, 5.74) is 2.18. The molecule has 26 heavy (non-hydrogen) atoms. The van der Waals surface area contributed by atoms with E-state index in [-0.39, 0.29) is 10.8 Å². The summed E-state index contributed by atoms with van der Waals surface area (Å²) in [6.45, 7) is 6.75. The Kier molecular flexibility index (Phi) is 4.88. The van der Waals surface area contributed by atoms with Crippen molar-refractivity contribution in [2.45, 2.75) is 49.3 Å². The van der Waals surface area contributed by atoms with Crippen LogP contribution in [0.15, 0.2) is 53.4 Å². The van der Waals surface area contributed by atoms with Gasteiger partial charge in [0.15, 0.2) is 0 Å². The Balaban J connectivity index is 1.71. The molecular formula is C21H27NO3S. The molecule has 2 aromatic carbocycles. The highest BCUT2D eigenvalue weighted by Crippen LogP contribution is 2.48. The average Bonchev–Trinajstić information content (AvgIpc) is 3.41. The molecule has 1 fully saturated rings. The van der Waals surface area contributed by atoms with E-state index in [1.54, 1.807) is 19.2 Å². The zero-order valence-electron chi connectivity index (χ0n) is 15.9. The monoisotopic (exact) mass is 373 g/mol. The van der Waals surface area contributed by atoms with Crippen LogP contribution in [0.25, 0.3) is 0 Å². The van der Waals surface area contributed by atoms with Crippen LogP contribution in [0.2, 0.25) is 0 Å². The summed E-state index contributed by atoms with van der Waals surface area (Å²) in [4.78, 5) is 0.316. The Morgan fingerprint density at radius 1 is 1.00 bits per heavy atom. The Morgan fingerprint density at radius 3 is 2.04 bits per heavy atom. The first kappa shape index (κ1) is 18.9. The molecule has 0 atom stereocenters. The Morgan fingerprint density at radius 2 is 1.58 bits per heavy atom. The zero-order valence-corrected chi connectivity index (χ0v) is 16.7. The lowest BCUT2D eigenvalue weighted by atomic mass is 9.87. The number of rotatable bonds is 6. The van der Waals surface area contributed by atoms with Crippen LogP contribution in [0.4, 0.5) is 0 Å². The summed E-state index contributed by atoms with van der Waals surface area (Å²) in [6.07, 6.45) is 1.98. The second-order valence-electron chi connectivity index (χ2n) is 8.11. The van der Waals surface area contributed by atoms with E-state index in [0.29, 0.717) is 11.4 Å². The number of nitrogens with one attached hydrogen (secondary N) is 1. The van der Waals surface area contributed by atoms with Crippen molar-refractivity contribution in [2.75, 3.05) is 13.7 Å². The van der Waals surface area contributed by atoms with Gasteiger partial charge in [-0.25, -0.2) is 13.1 Å². The third kappa shape index (κ3) is 3.94. The van der Waals surface area contributed by atoms with Gasteiger partial charge in [-0.1, -0.05) is 45.0 Å². The van der Waals surface area contributed by atoms with E-state index in [0.717, 1.165) is 29.7 Å². The van der Waals surface area contributed by atoms with E-state index >= 15 is 0 Å². The van der Waals surface area contributed by atoms with Crippen molar-refractivity contribution < 1.29 is 13.2 Å². The van der Waals surface area contributed by atoms with Crippen LogP contribution in [0.1, 0.15) is 44.7 Å². The second-order valence-corrected chi connectivity index (χ2v) is 9.87. The minimum atomic E-state index is -3.51. The summed E-state index contributed by atoms with van der Waals surface area (Å²) >= 11 is 0. The van der Waals surface area contributed by atoms with Crippen molar-refractivity contribution in [3.8, 4) is 5.75 Å². The summed E-state index contributed by atoms with van der Waals surface area (Å²) < 4.78 is 33.3. The molecular weight excluding hydrogens is 346 g/mol. The number of hydrogen-bond acceptors (Lipinski definition) is 3. The Bertz CT molecular complexity index is 859. The highest BCUT2D eigenvalue weighted by atomic mass is 32.2. The van der Waals surface area contributed by atoms with Crippen LogP contribution < -0.4 is 9.46 Å². The molecule has 0 unspecified atom stereocenters. The van der Waals surface area contributed by atoms with Gasteiger partial charge in [0.2, 0.25) is 10.0 Å². The fourth-order valence-corrected chi connectivity index (χ4v) is 4.24. The Labute approximate surface area is 156 Å². The fraction of sp³-hybridized carbons (Fsp3) is 0.429. The average molecular weight is 374 g/mol. The van der Waals surface area contributed by atoms with Crippen molar-refractivity contribution in [3.63, 3.8) is 0 Å². The van der Waals surface area contributed by atoms with Gasteiger partial charge in [-0.2, -0.15) is 0 Å². The van der Waals surface area contributed by atoms with Gasteiger partial charge >= 0.3 is 0 Å². The summed E-state index contributed by atoms with van der Waals surface area (Å²) in [7, 11) is -1.87. The lowest BCUT2D eigenvalue weighted by molar-refractivity contribution is 0.414. The molecule has 0 aliphatic heterocycles. The largest absolute Gasteiger partial charge is 0.497 e. The Hall–Kier alpha value is -1.85. The van der Waals surface area contributed by atoms with E-state index < -0.39 is 10.0 Å². The van der Waals surface area contributed by atoms with Crippen molar-refractivity contribution in [3.05, 3.63) is 59.7 Å². The summed E-state index contributed by atoms with van der Waals surface area (Å²) in [6, 6.07) is 15.1. The number of hydrogen-bond donors (Lipinski definition) is 1. The highest BCUT2D eigenvalue weighted by Gasteiger charge is 2.44. The number of benzene rings is 2. The molecule has 1 saturated carbocycles. The molecule has 0 heterocycles. The van der Waals surface area contributed by atoms with Gasteiger partial charge in [0.1, 0.15) is 5.75 Å². The molecule has 1 aliphatic rings. The van der Waals surface area contributed by atoms with Crippen LogP contribution in [0, 0.1) is 0 Å². The SMILES string of the molecule is COc1ccc(C2(CNS(=O)(=O)c3ccc(C(C)(C)C)cc3)CC2)cc1. The number of sulfonamides is 1. The summed E-state index contributed by atoms with van der Waals surface area (Å²) in [5, 5.41) is 0. The predicted molar refractivity (Wildman–Crippen MR) is 104 cm³/mol. The third-order valence-corrected chi connectivity index (χ3v) is 6.60. The molecule has 140 valence electrons. The van der Waals surface area contributed by atoms with Gasteiger partial charge in [-0.3, -0.25) is 0 Å². The molecule has 0 aromatic heterocycles. The first-order valence-corrected chi connectivity index (χ1v) is 10.4. The van der Waals surface area contributed by atoms with Gasteiger partial charge in [0, 0.05) is 12.0 Å². The van der Waals surface area contributed by atoms with E-state index in [4.69, 9.17) is 4.74 Å². The standard InChI is InChI=1S/C21H27NO3S/c1-20(2,3)16-7-11-19(12-8-16)26(23,24)22-15-21(13-14-21)17-5-9-18(25-4)10-6-17/h5-12,22H,13-15H2,1-4H3. The maximum Gasteiger partial charge on any atom is 0.240 e. The lowest BCUT2D eigenvalue weighted by Gasteiger charge is -2.20. The van der Waals surface area contributed by atoms with Crippen LogP contribution in [-0.2, 0) is 20.9 Å². The molecule has 3 rings (SSSR count). The van der Waals surface area contributed by atoms with Gasteiger partial charge < -0.3 is 4.74 Å². The summed E-state index contributed by atoms with van der Waals surface area (Å²) in [5.74, 6) is 0.809. The van der Waals surface area contributed by atoms with Crippen molar-refractivity contribution in [1.82, 2.24) is 4.72 Å². The van der Waals surface area contributed by atoms with Crippen LogP contribution >= 0.6 is 0 Å². The van der Waals surface area contributed by atoms with Crippen LogP contribution in [-0.4, -0.2) is 22.1 Å². The molecule has 0 saturated heterocycles.